The van der Waals surface area contributed by atoms with Crippen LogP contribution in [-0.2, 0) is 27.1 Å². The molecule has 0 amide bonds. The zero-order valence-electron chi connectivity index (χ0n) is 48.1. The highest BCUT2D eigenvalue weighted by Gasteiger charge is 2.59. The largest absolute Gasteiger partial charge is 0.334 e. The lowest BCUT2D eigenvalue weighted by Gasteiger charge is -2.51. The maximum Gasteiger partial charge on any atom is 0.252 e. The molecular formula is C71H81BN4. The summed E-state index contributed by atoms with van der Waals surface area (Å²) < 4.78 is 0. The Kier molecular flexibility index (Phi) is 10.8. The molecule has 4 unspecified atom stereocenters. The number of benzene rings is 7. The summed E-state index contributed by atoms with van der Waals surface area (Å²) in [6, 6.07) is 58.4. The highest BCUT2D eigenvalue weighted by atomic mass is 15.3. The van der Waals surface area contributed by atoms with E-state index in [-0.39, 0.29) is 44.9 Å². The van der Waals surface area contributed by atoms with Gasteiger partial charge in [-0.2, -0.15) is 0 Å². The summed E-state index contributed by atoms with van der Waals surface area (Å²) in [5.41, 5.74) is 23.8. The second-order valence-corrected chi connectivity index (χ2v) is 28.0. The average Bonchev–Trinajstić information content (AvgIpc) is 3.63. The molecule has 4 aliphatic heterocycles. The van der Waals surface area contributed by atoms with E-state index in [1.54, 1.807) is 0 Å². The van der Waals surface area contributed by atoms with Crippen molar-refractivity contribution in [2.45, 2.75) is 186 Å². The maximum atomic E-state index is 2.81. The first kappa shape index (κ1) is 49.4. The van der Waals surface area contributed by atoms with E-state index in [9.17, 15) is 0 Å². The SMILES string of the molecule is CC(C)(C)c1ccc(N2c3ccc(N4c5ccccc5C5(C)CCCCCC45C)cc3B3c4cc(C(C)(C)C)ccc4N(c4ccc(C(C)(C)C)cc4)c4cc(N5c6ccccc6C6(C)CCCCC56C)cc2c43)cc1. The Balaban J connectivity index is 1.14. The van der Waals surface area contributed by atoms with Crippen molar-refractivity contribution in [2.24, 2.45) is 0 Å². The van der Waals surface area contributed by atoms with Gasteiger partial charge in [0.25, 0.3) is 6.71 Å². The van der Waals surface area contributed by atoms with E-state index in [1.807, 2.05) is 0 Å². The normalized spacial score (nSPS) is 24.5. The van der Waals surface area contributed by atoms with Gasteiger partial charge in [-0.25, -0.2) is 0 Å². The van der Waals surface area contributed by atoms with Gasteiger partial charge in [0.1, 0.15) is 0 Å². The van der Waals surface area contributed by atoms with Gasteiger partial charge in [0, 0.05) is 67.7 Å². The third-order valence-corrected chi connectivity index (χ3v) is 20.7. The zero-order valence-corrected chi connectivity index (χ0v) is 48.1. The highest BCUT2D eigenvalue weighted by Crippen LogP contribution is 2.63. The number of hydrogen-bond acceptors (Lipinski definition) is 4. The van der Waals surface area contributed by atoms with Gasteiger partial charge < -0.3 is 19.6 Å². The topological polar surface area (TPSA) is 13.0 Å². The molecule has 0 N–H and O–H groups in total. The van der Waals surface area contributed by atoms with Gasteiger partial charge in [-0.1, -0.05) is 181 Å². The van der Waals surface area contributed by atoms with Crippen LogP contribution in [-0.4, -0.2) is 17.8 Å². The quantitative estimate of drug-likeness (QED) is 0.163. The van der Waals surface area contributed by atoms with Gasteiger partial charge in [0.05, 0.1) is 11.1 Å². The van der Waals surface area contributed by atoms with Crippen molar-refractivity contribution in [1.82, 2.24) is 0 Å². The monoisotopic (exact) mass is 1000 g/mol. The van der Waals surface area contributed by atoms with Crippen molar-refractivity contribution in [2.75, 3.05) is 19.6 Å². The van der Waals surface area contributed by atoms with Gasteiger partial charge in [0.2, 0.25) is 0 Å². The molecule has 13 rings (SSSR count). The summed E-state index contributed by atoms with van der Waals surface area (Å²) in [7, 11) is 0. The van der Waals surface area contributed by atoms with Crippen molar-refractivity contribution in [1.29, 1.82) is 0 Å². The Labute approximate surface area is 456 Å². The maximum absolute atomic E-state index is 2.81. The van der Waals surface area contributed by atoms with Crippen LogP contribution in [0.4, 0.5) is 56.9 Å². The summed E-state index contributed by atoms with van der Waals surface area (Å²) in [5, 5.41) is 0. The lowest BCUT2D eigenvalue weighted by Crippen LogP contribution is -2.62. The van der Waals surface area contributed by atoms with Gasteiger partial charge in [-0.15, -0.1) is 0 Å². The van der Waals surface area contributed by atoms with Gasteiger partial charge >= 0.3 is 0 Å². The Morgan fingerprint density at radius 3 is 1.25 bits per heavy atom. The summed E-state index contributed by atoms with van der Waals surface area (Å²) in [5.74, 6) is 0. The fraction of sp³-hybridized carbons (Fsp3) is 0.408. The molecule has 0 aromatic heterocycles. The van der Waals surface area contributed by atoms with E-state index in [0.29, 0.717) is 0 Å². The molecule has 0 bridgehead atoms. The highest BCUT2D eigenvalue weighted by molar-refractivity contribution is 7.00. The van der Waals surface area contributed by atoms with Crippen molar-refractivity contribution in [3.8, 4) is 0 Å². The fourth-order valence-corrected chi connectivity index (χ4v) is 15.9. The standard InChI is InChI=1S/C71H81BN4/c1-65(2,3)47-27-32-50(33-28-47)73-60-37-31-49(67(7,8)9)43-56(60)72-57-44-52(75-58-25-17-15-23-54(58)68(10)39-19-14-20-41-70(68,75)12)36-38-61(57)74(51-34-29-48(30-35-51)66(4,5)6)63-46-53(45-62(73)64(63)72)76-59-26-18-16-24-55(59)69(11)40-21-22-42-71(69,76)13/h15-18,23-38,43-46H,14,19-22,39-42H2,1-13H3. The zero-order chi connectivity index (χ0) is 53.1. The Morgan fingerprint density at radius 1 is 0.355 bits per heavy atom. The molecule has 5 heteroatoms. The van der Waals surface area contributed by atoms with Gasteiger partial charge in [-0.05, 0) is 173 Å². The Morgan fingerprint density at radius 2 is 0.750 bits per heavy atom. The minimum atomic E-state index is -0.113. The molecule has 2 saturated carbocycles. The molecule has 0 saturated heterocycles. The van der Waals surface area contributed by atoms with Crippen LogP contribution in [0.1, 0.15) is 176 Å². The summed E-state index contributed by atoms with van der Waals surface area (Å²) in [4.78, 5) is 10.9. The van der Waals surface area contributed by atoms with E-state index in [0.717, 1.165) is 6.42 Å². The second-order valence-electron chi connectivity index (χ2n) is 28.0. The van der Waals surface area contributed by atoms with Crippen LogP contribution in [0.25, 0.3) is 0 Å². The summed E-state index contributed by atoms with van der Waals surface area (Å²) in [6.45, 7) is 31.4. The summed E-state index contributed by atoms with van der Waals surface area (Å²) >= 11 is 0. The van der Waals surface area contributed by atoms with E-state index in [1.165, 1.54) is 152 Å². The Bertz CT molecular complexity index is 3440. The van der Waals surface area contributed by atoms with Gasteiger partial charge in [-0.3, -0.25) is 0 Å². The molecule has 6 aliphatic rings. The molecule has 4 atom stereocenters. The third kappa shape index (κ3) is 6.94. The van der Waals surface area contributed by atoms with Crippen molar-refractivity contribution >= 4 is 80.0 Å². The van der Waals surface area contributed by atoms with E-state index < -0.39 is 0 Å². The average molecular weight is 1000 g/mol. The molecule has 7 aromatic rings. The number of nitrogens with zero attached hydrogens (tertiary/aromatic N) is 4. The van der Waals surface area contributed by atoms with Crippen LogP contribution in [0.5, 0.6) is 0 Å². The molecule has 0 spiro atoms. The molecular weight excluding hydrogens is 920 g/mol. The van der Waals surface area contributed by atoms with Crippen molar-refractivity contribution in [3.05, 3.63) is 173 Å². The van der Waals surface area contributed by atoms with Crippen LogP contribution in [0, 0.1) is 0 Å². The number of hydrogen-bond donors (Lipinski definition) is 0. The number of fused-ring (bicyclic) bond motifs is 10. The number of anilines is 10. The minimum Gasteiger partial charge on any atom is -0.334 e. The predicted octanol–water partition coefficient (Wildman–Crippen LogP) is 17.5. The molecule has 2 fully saturated rings. The molecule has 4 nitrogen and oxygen atoms in total. The fourth-order valence-electron chi connectivity index (χ4n) is 15.9. The van der Waals surface area contributed by atoms with Crippen LogP contribution in [0.3, 0.4) is 0 Å². The number of para-hydroxylation sites is 2. The first-order valence-electron chi connectivity index (χ1n) is 29.1. The molecule has 76 heavy (non-hydrogen) atoms. The third-order valence-electron chi connectivity index (χ3n) is 20.7. The molecule has 0 radical (unpaired) electrons. The van der Waals surface area contributed by atoms with Crippen LogP contribution < -0.4 is 36.0 Å². The molecule has 388 valence electrons. The predicted molar refractivity (Wildman–Crippen MR) is 327 cm³/mol. The van der Waals surface area contributed by atoms with E-state index in [4.69, 9.17) is 0 Å². The number of rotatable bonds is 4. The molecule has 7 aromatic carbocycles. The second kappa shape index (κ2) is 16.7. The first-order chi connectivity index (χ1) is 36.1. The first-order valence-corrected chi connectivity index (χ1v) is 29.1. The summed E-state index contributed by atoms with van der Waals surface area (Å²) in [6.07, 6.45) is 11.0. The molecule has 4 heterocycles. The van der Waals surface area contributed by atoms with E-state index >= 15 is 0 Å². The van der Waals surface area contributed by atoms with E-state index in [2.05, 4.69) is 255 Å². The smallest absolute Gasteiger partial charge is 0.252 e. The van der Waals surface area contributed by atoms with Crippen LogP contribution >= 0.6 is 0 Å². The van der Waals surface area contributed by atoms with Crippen molar-refractivity contribution in [3.63, 3.8) is 0 Å². The Hall–Kier alpha value is -6.20. The van der Waals surface area contributed by atoms with Gasteiger partial charge in [0.15, 0.2) is 0 Å². The van der Waals surface area contributed by atoms with Crippen molar-refractivity contribution < 1.29 is 0 Å². The lowest BCUT2D eigenvalue weighted by atomic mass is 9.33. The lowest BCUT2D eigenvalue weighted by molar-refractivity contribution is 0.195. The molecule has 2 aliphatic carbocycles. The van der Waals surface area contributed by atoms with Crippen LogP contribution in [0.2, 0.25) is 0 Å². The van der Waals surface area contributed by atoms with Crippen LogP contribution in [0.15, 0.2) is 146 Å². The minimum absolute atomic E-state index is 0.0136.